The van der Waals surface area contributed by atoms with Gasteiger partial charge < -0.3 is 14.3 Å². The molecule has 2 aromatic heterocycles. The fraction of sp³-hybridized carbons (Fsp3) is 0.357. The number of likely N-dealkylation sites (N-methyl/N-ethyl adjacent to an activating group) is 1. The van der Waals surface area contributed by atoms with Crippen LogP contribution in [0, 0.1) is 0 Å². The van der Waals surface area contributed by atoms with E-state index >= 15 is 0 Å². The Kier molecular flexibility index (Phi) is 3.82. The molecule has 0 N–H and O–H groups in total. The van der Waals surface area contributed by atoms with Gasteiger partial charge in [0.15, 0.2) is 0 Å². The van der Waals surface area contributed by atoms with E-state index in [1.165, 1.54) is 4.90 Å². The topological polar surface area (TPSA) is 93.7 Å². The average molecular weight is 301 g/mol. The number of carbonyl (C=O) groups excluding carboxylic acids is 1. The largest absolute Gasteiger partial charge is 0.382 e. The van der Waals surface area contributed by atoms with Crippen molar-refractivity contribution in [2.45, 2.75) is 26.0 Å². The second-order valence-electron chi connectivity index (χ2n) is 5.05. The molecule has 1 aliphatic rings. The Morgan fingerprint density at radius 1 is 1.45 bits per heavy atom. The molecule has 22 heavy (non-hydrogen) atoms. The van der Waals surface area contributed by atoms with Gasteiger partial charge in [0.25, 0.3) is 5.91 Å². The lowest BCUT2D eigenvalue weighted by Gasteiger charge is -2.17. The third-order valence-electron chi connectivity index (χ3n) is 3.20. The summed E-state index contributed by atoms with van der Waals surface area (Å²) in [6.07, 6.45) is 1.59. The van der Waals surface area contributed by atoms with E-state index < -0.39 is 6.10 Å². The quantitative estimate of drug-likeness (QED) is 0.843. The average Bonchev–Trinajstić information content (AvgIpc) is 3.16. The Labute approximate surface area is 126 Å². The summed E-state index contributed by atoms with van der Waals surface area (Å²) in [5, 5.41) is 7.65. The monoisotopic (exact) mass is 301 g/mol. The van der Waals surface area contributed by atoms with Crippen LogP contribution >= 0.6 is 0 Å². The zero-order valence-corrected chi connectivity index (χ0v) is 12.3. The van der Waals surface area contributed by atoms with Gasteiger partial charge in [0, 0.05) is 19.7 Å². The highest BCUT2D eigenvalue weighted by Gasteiger charge is 2.29. The van der Waals surface area contributed by atoms with Gasteiger partial charge in [-0.2, -0.15) is 4.98 Å². The van der Waals surface area contributed by atoms with Crippen molar-refractivity contribution in [1.82, 2.24) is 20.0 Å². The SMILES string of the molecule is CC1=NOC(C(=O)N(C)Cc2nc(-c3ccccn3)no2)C1. The summed E-state index contributed by atoms with van der Waals surface area (Å²) in [7, 11) is 1.66. The number of nitrogens with zero attached hydrogens (tertiary/aromatic N) is 5. The molecule has 3 rings (SSSR count). The van der Waals surface area contributed by atoms with E-state index in [1.54, 1.807) is 19.3 Å². The normalized spacial score (nSPS) is 17.0. The van der Waals surface area contributed by atoms with E-state index in [0.29, 0.717) is 23.8 Å². The summed E-state index contributed by atoms with van der Waals surface area (Å²) in [6, 6.07) is 5.44. The molecule has 8 heteroatoms. The number of carbonyl (C=O) groups is 1. The van der Waals surface area contributed by atoms with Crippen LogP contribution in [0.2, 0.25) is 0 Å². The van der Waals surface area contributed by atoms with Crippen LogP contribution in [0.1, 0.15) is 19.2 Å². The second kappa shape index (κ2) is 5.92. The third-order valence-corrected chi connectivity index (χ3v) is 3.20. The lowest BCUT2D eigenvalue weighted by molar-refractivity contribution is -0.141. The molecule has 0 saturated carbocycles. The van der Waals surface area contributed by atoms with Crippen LogP contribution in [-0.4, -0.2) is 44.8 Å². The molecule has 2 aromatic rings. The minimum atomic E-state index is -0.566. The molecule has 114 valence electrons. The van der Waals surface area contributed by atoms with Crippen molar-refractivity contribution in [3.8, 4) is 11.5 Å². The van der Waals surface area contributed by atoms with Crippen LogP contribution in [0.15, 0.2) is 34.1 Å². The summed E-state index contributed by atoms with van der Waals surface area (Å²) in [5.74, 6) is 0.568. The van der Waals surface area contributed by atoms with Crippen molar-refractivity contribution >= 4 is 11.6 Å². The zero-order chi connectivity index (χ0) is 15.5. The minimum absolute atomic E-state index is 0.168. The van der Waals surface area contributed by atoms with Gasteiger partial charge in [0.05, 0.1) is 12.3 Å². The Balaban J connectivity index is 1.64. The van der Waals surface area contributed by atoms with E-state index in [2.05, 4.69) is 20.3 Å². The maximum absolute atomic E-state index is 12.2. The summed E-state index contributed by atoms with van der Waals surface area (Å²) >= 11 is 0. The van der Waals surface area contributed by atoms with Crippen molar-refractivity contribution in [3.05, 3.63) is 30.3 Å². The van der Waals surface area contributed by atoms with Crippen LogP contribution in [-0.2, 0) is 16.2 Å². The van der Waals surface area contributed by atoms with Gasteiger partial charge in [0.2, 0.25) is 17.8 Å². The first kappa shape index (κ1) is 14.2. The zero-order valence-electron chi connectivity index (χ0n) is 12.3. The van der Waals surface area contributed by atoms with Crippen molar-refractivity contribution in [1.29, 1.82) is 0 Å². The van der Waals surface area contributed by atoms with Crippen LogP contribution in [0.5, 0.6) is 0 Å². The van der Waals surface area contributed by atoms with E-state index in [4.69, 9.17) is 9.36 Å². The Morgan fingerprint density at radius 2 is 2.32 bits per heavy atom. The van der Waals surface area contributed by atoms with Gasteiger partial charge in [-0.15, -0.1) is 0 Å². The van der Waals surface area contributed by atoms with Gasteiger partial charge in [-0.25, -0.2) is 0 Å². The molecule has 0 radical (unpaired) electrons. The predicted molar refractivity (Wildman–Crippen MR) is 76.6 cm³/mol. The molecule has 8 nitrogen and oxygen atoms in total. The highest BCUT2D eigenvalue weighted by Crippen LogP contribution is 2.15. The molecule has 0 fully saturated rings. The lowest BCUT2D eigenvalue weighted by Crippen LogP contribution is -2.36. The molecule has 3 heterocycles. The Hall–Kier alpha value is -2.77. The Bertz CT molecular complexity index is 698. The first-order chi connectivity index (χ1) is 10.6. The smallest absolute Gasteiger partial charge is 0.267 e. The first-order valence-electron chi connectivity index (χ1n) is 6.82. The molecule has 0 bridgehead atoms. The molecule has 1 amide bonds. The summed E-state index contributed by atoms with van der Waals surface area (Å²) in [4.78, 5) is 27.1. The third kappa shape index (κ3) is 2.95. The highest BCUT2D eigenvalue weighted by atomic mass is 16.6. The maximum Gasteiger partial charge on any atom is 0.267 e. The van der Waals surface area contributed by atoms with Crippen molar-refractivity contribution in [2.75, 3.05) is 7.05 Å². The molecule has 1 atom stereocenters. The molecule has 0 saturated heterocycles. The molecule has 0 spiro atoms. The summed E-state index contributed by atoms with van der Waals surface area (Å²) in [5.41, 5.74) is 1.43. The maximum atomic E-state index is 12.2. The van der Waals surface area contributed by atoms with Gasteiger partial charge in [-0.3, -0.25) is 9.78 Å². The van der Waals surface area contributed by atoms with Crippen molar-refractivity contribution in [3.63, 3.8) is 0 Å². The van der Waals surface area contributed by atoms with E-state index in [1.807, 2.05) is 19.1 Å². The van der Waals surface area contributed by atoms with Gasteiger partial charge in [-0.1, -0.05) is 16.4 Å². The van der Waals surface area contributed by atoms with E-state index in [-0.39, 0.29) is 12.5 Å². The lowest BCUT2D eigenvalue weighted by atomic mass is 10.2. The first-order valence-corrected chi connectivity index (χ1v) is 6.82. The van der Waals surface area contributed by atoms with Gasteiger partial charge in [0.1, 0.15) is 5.69 Å². The number of rotatable bonds is 4. The molecule has 1 unspecified atom stereocenters. The van der Waals surface area contributed by atoms with Crippen molar-refractivity contribution in [2.24, 2.45) is 5.16 Å². The standard InChI is InChI=1S/C14H15N5O3/c1-9-7-11(21-17-9)14(20)19(2)8-12-16-13(18-22-12)10-5-3-4-6-15-10/h3-6,11H,7-8H2,1-2H3. The number of hydrogen-bond donors (Lipinski definition) is 0. The predicted octanol–water partition coefficient (Wildman–Crippen LogP) is 1.25. The number of pyridine rings is 1. The van der Waals surface area contributed by atoms with Crippen LogP contribution < -0.4 is 0 Å². The Morgan fingerprint density at radius 3 is 3.00 bits per heavy atom. The fourth-order valence-corrected chi connectivity index (χ4v) is 2.07. The number of amides is 1. The van der Waals surface area contributed by atoms with Crippen molar-refractivity contribution < 1.29 is 14.2 Å². The number of aromatic nitrogens is 3. The van der Waals surface area contributed by atoms with E-state index in [9.17, 15) is 4.79 Å². The molecular weight excluding hydrogens is 286 g/mol. The molecular formula is C14H15N5O3. The van der Waals surface area contributed by atoms with Crippen LogP contribution in [0.3, 0.4) is 0 Å². The van der Waals surface area contributed by atoms with Crippen LogP contribution in [0.4, 0.5) is 0 Å². The molecule has 1 aliphatic heterocycles. The number of hydrogen-bond acceptors (Lipinski definition) is 7. The number of oxime groups is 1. The van der Waals surface area contributed by atoms with Gasteiger partial charge in [-0.05, 0) is 19.1 Å². The fourth-order valence-electron chi connectivity index (χ4n) is 2.07. The highest BCUT2D eigenvalue weighted by molar-refractivity contribution is 5.91. The van der Waals surface area contributed by atoms with Crippen LogP contribution in [0.25, 0.3) is 11.5 Å². The van der Waals surface area contributed by atoms with E-state index in [0.717, 1.165) is 5.71 Å². The molecule has 0 aliphatic carbocycles. The molecule has 0 aromatic carbocycles. The second-order valence-corrected chi connectivity index (χ2v) is 5.05. The summed E-state index contributed by atoms with van der Waals surface area (Å²) < 4.78 is 5.16. The van der Waals surface area contributed by atoms with Gasteiger partial charge >= 0.3 is 0 Å². The summed E-state index contributed by atoms with van der Waals surface area (Å²) in [6.45, 7) is 2.03. The minimum Gasteiger partial charge on any atom is -0.382 e.